The molecule has 1 aliphatic heterocycles. The third kappa shape index (κ3) is 4.25. The second-order valence-corrected chi connectivity index (χ2v) is 6.89. The van der Waals surface area contributed by atoms with Crippen LogP contribution in [0.5, 0.6) is 11.5 Å². The van der Waals surface area contributed by atoms with E-state index in [9.17, 15) is 18.0 Å². The number of carbonyl (C=O) groups is 1. The SMILES string of the molecule is NC(N)=NC(=O)CCCn1c(-c2ccc3c(c2)OCO3)nc2cc(C(F)(F)F)ccc21. The highest BCUT2D eigenvalue weighted by Gasteiger charge is 2.31. The second-order valence-electron chi connectivity index (χ2n) is 6.89. The van der Waals surface area contributed by atoms with Crippen molar-refractivity contribution < 1.29 is 27.4 Å². The van der Waals surface area contributed by atoms with Crippen molar-refractivity contribution in [3.8, 4) is 22.9 Å². The molecule has 162 valence electrons. The fourth-order valence-corrected chi connectivity index (χ4v) is 3.38. The second kappa shape index (κ2) is 7.82. The highest BCUT2D eigenvalue weighted by atomic mass is 19.4. The zero-order chi connectivity index (χ0) is 22.2. The summed E-state index contributed by atoms with van der Waals surface area (Å²) < 4.78 is 51.9. The Labute approximate surface area is 174 Å². The van der Waals surface area contributed by atoms with E-state index in [0.717, 1.165) is 12.1 Å². The molecule has 0 bridgehead atoms. The Balaban J connectivity index is 1.73. The number of aliphatic imine (C=N–C) groups is 1. The maximum Gasteiger partial charge on any atom is 0.416 e. The Kier molecular flexibility index (Phi) is 5.17. The standard InChI is InChI=1S/C20H18F3N5O3/c21-20(22,23)12-4-5-14-13(9-12)26-18(11-3-6-15-16(8-11)31-10-30-15)28(14)7-1-2-17(29)27-19(24)25/h3-6,8-9H,1-2,7,10H2,(H4,24,25,27,29). The Morgan fingerprint density at radius 3 is 2.65 bits per heavy atom. The first kappa shape index (κ1) is 20.5. The lowest BCUT2D eigenvalue weighted by molar-refractivity contribution is -0.137. The van der Waals surface area contributed by atoms with Gasteiger partial charge in [-0.25, -0.2) is 4.98 Å². The predicted octanol–water partition coefficient (Wildman–Crippen LogP) is 3.03. The number of ether oxygens (including phenoxy) is 2. The molecule has 2 heterocycles. The van der Waals surface area contributed by atoms with E-state index in [0.29, 0.717) is 41.4 Å². The van der Waals surface area contributed by atoms with Crippen molar-refractivity contribution in [3.63, 3.8) is 0 Å². The Hall–Kier alpha value is -3.76. The first-order valence-electron chi connectivity index (χ1n) is 9.32. The molecule has 3 aromatic rings. The molecule has 0 spiro atoms. The fourth-order valence-electron chi connectivity index (χ4n) is 3.38. The van der Waals surface area contributed by atoms with Crippen LogP contribution in [0.4, 0.5) is 13.2 Å². The van der Waals surface area contributed by atoms with Crippen molar-refractivity contribution in [1.29, 1.82) is 0 Å². The number of hydrogen-bond acceptors (Lipinski definition) is 4. The van der Waals surface area contributed by atoms with Gasteiger partial charge in [0.05, 0.1) is 16.6 Å². The molecule has 1 aromatic heterocycles. The normalized spacial score (nSPS) is 12.9. The average Bonchev–Trinajstić information content (AvgIpc) is 3.30. The van der Waals surface area contributed by atoms with Crippen molar-refractivity contribution in [2.45, 2.75) is 25.6 Å². The molecule has 0 atom stereocenters. The van der Waals surface area contributed by atoms with Gasteiger partial charge in [-0.05, 0) is 42.8 Å². The van der Waals surface area contributed by atoms with Gasteiger partial charge in [-0.3, -0.25) is 4.79 Å². The molecule has 0 saturated heterocycles. The predicted molar refractivity (Wildman–Crippen MR) is 106 cm³/mol. The van der Waals surface area contributed by atoms with Crippen molar-refractivity contribution in [2.75, 3.05) is 6.79 Å². The largest absolute Gasteiger partial charge is 0.454 e. The minimum Gasteiger partial charge on any atom is -0.454 e. The van der Waals surface area contributed by atoms with E-state index >= 15 is 0 Å². The van der Waals surface area contributed by atoms with Crippen LogP contribution in [0.2, 0.25) is 0 Å². The number of alkyl halides is 3. The van der Waals surface area contributed by atoms with Gasteiger partial charge in [-0.15, -0.1) is 0 Å². The summed E-state index contributed by atoms with van der Waals surface area (Å²) in [6, 6.07) is 8.57. The third-order valence-corrected chi connectivity index (χ3v) is 4.73. The number of amides is 1. The first-order valence-corrected chi connectivity index (χ1v) is 9.32. The fraction of sp³-hybridized carbons (Fsp3) is 0.250. The van der Waals surface area contributed by atoms with Crippen LogP contribution in [0.25, 0.3) is 22.4 Å². The number of halogens is 3. The Morgan fingerprint density at radius 2 is 1.90 bits per heavy atom. The first-order chi connectivity index (χ1) is 14.7. The number of imidazole rings is 1. The van der Waals surface area contributed by atoms with Gasteiger partial charge < -0.3 is 25.5 Å². The lowest BCUT2D eigenvalue weighted by atomic mass is 10.2. The third-order valence-electron chi connectivity index (χ3n) is 4.73. The van der Waals surface area contributed by atoms with Crippen LogP contribution in [-0.2, 0) is 17.5 Å². The van der Waals surface area contributed by atoms with Crippen molar-refractivity contribution in [1.82, 2.24) is 9.55 Å². The summed E-state index contributed by atoms with van der Waals surface area (Å²) in [6.07, 6.45) is -4.05. The van der Waals surface area contributed by atoms with Gasteiger partial charge in [0.2, 0.25) is 12.7 Å². The lowest BCUT2D eigenvalue weighted by Gasteiger charge is -2.10. The number of nitrogens with two attached hydrogens (primary N) is 2. The van der Waals surface area contributed by atoms with Gasteiger partial charge in [0.15, 0.2) is 17.5 Å². The van der Waals surface area contributed by atoms with E-state index in [1.807, 2.05) is 0 Å². The summed E-state index contributed by atoms with van der Waals surface area (Å²) in [4.78, 5) is 19.7. The topological polar surface area (TPSA) is 118 Å². The van der Waals surface area contributed by atoms with Crippen LogP contribution in [-0.4, -0.2) is 28.2 Å². The van der Waals surface area contributed by atoms with Gasteiger partial charge in [-0.1, -0.05) is 0 Å². The number of fused-ring (bicyclic) bond motifs is 2. The summed E-state index contributed by atoms with van der Waals surface area (Å²) in [5, 5.41) is 0. The van der Waals surface area contributed by atoms with Crippen molar-refractivity contribution in [2.24, 2.45) is 16.5 Å². The van der Waals surface area contributed by atoms with E-state index in [2.05, 4.69) is 9.98 Å². The Morgan fingerprint density at radius 1 is 1.13 bits per heavy atom. The number of benzene rings is 2. The monoisotopic (exact) mass is 433 g/mol. The lowest BCUT2D eigenvalue weighted by Crippen LogP contribution is -2.24. The van der Waals surface area contributed by atoms with Crippen LogP contribution in [0, 0.1) is 0 Å². The van der Waals surface area contributed by atoms with Gasteiger partial charge in [0.25, 0.3) is 0 Å². The van der Waals surface area contributed by atoms with E-state index in [4.69, 9.17) is 20.9 Å². The maximum absolute atomic E-state index is 13.2. The summed E-state index contributed by atoms with van der Waals surface area (Å²) in [5.41, 5.74) is 11.0. The number of rotatable bonds is 5. The van der Waals surface area contributed by atoms with Gasteiger partial charge in [0.1, 0.15) is 5.82 Å². The molecule has 0 saturated carbocycles. The Bertz CT molecular complexity index is 1180. The van der Waals surface area contributed by atoms with Gasteiger partial charge in [-0.2, -0.15) is 18.2 Å². The molecule has 4 rings (SSSR count). The van der Waals surface area contributed by atoms with E-state index in [-0.39, 0.29) is 24.7 Å². The molecule has 2 aromatic carbocycles. The van der Waals surface area contributed by atoms with Crippen LogP contribution < -0.4 is 20.9 Å². The number of aryl methyl sites for hydroxylation is 1. The van der Waals surface area contributed by atoms with E-state index in [1.165, 1.54) is 6.07 Å². The zero-order valence-corrected chi connectivity index (χ0v) is 16.1. The van der Waals surface area contributed by atoms with Crippen LogP contribution >= 0.6 is 0 Å². The number of nitrogens with zero attached hydrogens (tertiary/aromatic N) is 3. The van der Waals surface area contributed by atoms with E-state index < -0.39 is 17.6 Å². The number of aromatic nitrogens is 2. The zero-order valence-electron chi connectivity index (χ0n) is 16.1. The van der Waals surface area contributed by atoms with Gasteiger partial charge >= 0.3 is 6.18 Å². The molecule has 4 N–H and O–H groups in total. The average molecular weight is 433 g/mol. The number of hydrogen-bond donors (Lipinski definition) is 2. The molecule has 31 heavy (non-hydrogen) atoms. The molecule has 0 radical (unpaired) electrons. The van der Waals surface area contributed by atoms with Crippen LogP contribution in [0.1, 0.15) is 18.4 Å². The molecule has 0 fully saturated rings. The molecule has 11 heteroatoms. The summed E-state index contributed by atoms with van der Waals surface area (Å²) in [5.74, 6) is 0.748. The summed E-state index contributed by atoms with van der Waals surface area (Å²) in [7, 11) is 0. The van der Waals surface area contributed by atoms with E-state index in [1.54, 1.807) is 22.8 Å². The van der Waals surface area contributed by atoms with Crippen LogP contribution in [0.15, 0.2) is 41.4 Å². The molecular weight excluding hydrogens is 415 g/mol. The molecule has 0 aliphatic carbocycles. The smallest absolute Gasteiger partial charge is 0.416 e. The molecule has 1 amide bonds. The van der Waals surface area contributed by atoms with Crippen molar-refractivity contribution in [3.05, 3.63) is 42.0 Å². The highest BCUT2D eigenvalue weighted by molar-refractivity contribution is 5.91. The summed E-state index contributed by atoms with van der Waals surface area (Å²) >= 11 is 0. The minimum atomic E-state index is -4.48. The highest BCUT2D eigenvalue weighted by Crippen LogP contribution is 2.37. The molecule has 1 aliphatic rings. The van der Waals surface area contributed by atoms with Crippen LogP contribution in [0.3, 0.4) is 0 Å². The minimum absolute atomic E-state index is 0.0682. The number of carbonyl (C=O) groups excluding carboxylic acids is 1. The maximum atomic E-state index is 13.2. The molecular formula is C20H18F3N5O3. The molecule has 8 nitrogen and oxygen atoms in total. The number of guanidine groups is 1. The van der Waals surface area contributed by atoms with Gasteiger partial charge in [0, 0.05) is 18.5 Å². The quantitative estimate of drug-likeness (QED) is 0.472. The summed E-state index contributed by atoms with van der Waals surface area (Å²) in [6.45, 7) is 0.411. The van der Waals surface area contributed by atoms with Crippen molar-refractivity contribution >= 4 is 22.9 Å². The molecule has 0 unspecified atom stereocenters.